The third-order valence-electron chi connectivity index (χ3n) is 7.34. The Morgan fingerprint density at radius 3 is 2.58 bits per heavy atom. The molecule has 1 aromatic heterocycles. The molecule has 5 atom stereocenters. The number of carbonyl (C=O) groups excluding carboxylic acids is 2. The highest BCUT2D eigenvalue weighted by Crippen LogP contribution is 2.32. The van der Waals surface area contributed by atoms with Gasteiger partial charge in [-0.2, -0.15) is 0 Å². The van der Waals surface area contributed by atoms with Crippen LogP contribution in [-0.4, -0.2) is 57.0 Å². The largest absolute Gasteiger partial charge is 0.457 e. The molecule has 202 valence electrons. The summed E-state index contributed by atoms with van der Waals surface area (Å²) in [5, 5.41) is 34.1. The molecule has 0 bridgehead atoms. The van der Waals surface area contributed by atoms with Crippen molar-refractivity contribution in [2.45, 2.75) is 98.4 Å². The van der Waals surface area contributed by atoms with Crippen molar-refractivity contribution in [1.82, 2.24) is 4.98 Å². The second-order valence-corrected chi connectivity index (χ2v) is 11.7. The Balaban J connectivity index is 2.39. The topological polar surface area (TPSA) is 117 Å². The van der Waals surface area contributed by atoms with Gasteiger partial charge in [0.25, 0.3) is 0 Å². The number of nitrogens with zero attached hydrogens (tertiary/aromatic N) is 1. The summed E-state index contributed by atoms with van der Waals surface area (Å²) in [4.78, 5) is 30.6. The molecule has 7 nitrogen and oxygen atoms in total. The molecule has 36 heavy (non-hydrogen) atoms. The number of aryl methyl sites for hydroxylation is 1. The van der Waals surface area contributed by atoms with Crippen LogP contribution in [0.5, 0.6) is 0 Å². The quantitative estimate of drug-likeness (QED) is 0.391. The molecule has 8 heteroatoms. The molecule has 0 saturated carbocycles. The minimum absolute atomic E-state index is 0.0220. The number of ether oxygens (including phenoxy) is 1. The number of hydrogen-bond acceptors (Lipinski definition) is 8. The second-order valence-electron chi connectivity index (χ2n) is 10.7. The van der Waals surface area contributed by atoms with Gasteiger partial charge in [0.1, 0.15) is 11.9 Å². The predicted molar refractivity (Wildman–Crippen MR) is 142 cm³/mol. The van der Waals surface area contributed by atoms with Gasteiger partial charge in [-0.05, 0) is 57.1 Å². The zero-order valence-electron chi connectivity index (χ0n) is 22.5. The Bertz CT molecular complexity index is 950. The normalized spacial score (nSPS) is 31.0. The molecule has 1 aromatic rings. The molecule has 3 N–H and O–H groups in total. The van der Waals surface area contributed by atoms with Crippen molar-refractivity contribution in [2.75, 3.05) is 6.61 Å². The van der Waals surface area contributed by atoms with Crippen molar-refractivity contribution < 1.29 is 29.6 Å². The molecule has 1 aliphatic rings. The first-order chi connectivity index (χ1) is 16.9. The third kappa shape index (κ3) is 8.33. The number of hydrogen-bond donors (Lipinski definition) is 3. The number of rotatable bonds is 4. The van der Waals surface area contributed by atoms with Crippen LogP contribution in [0.25, 0.3) is 6.08 Å². The van der Waals surface area contributed by atoms with E-state index in [0.29, 0.717) is 12.8 Å². The molecule has 2 rings (SSSR count). The number of thiazole rings is 1. The van der Waals surface area contributed by atoms with Gasteiger partial charge >= 0.3 is 5.97 Å². The average Bonchev–Trinajstić information content (AvgIpc) is 3.23. The lowest BCUT2D eigenvalue weighted by Gasteiger charge is -2.34. The Morgan fingerprint density at radius 2 is 1.97 bits per heavy atom. The summed E-state index contributed by atoms with van der Waals surface area (Å²) >= 11 is 1.54. The van der Waals surface area contributed by atoms with Crippen molar-refractivity contribution >= 4 is 29.2 Å². The van der Waals surface area contributed by atoms with E-state index in [1.54, 1.807) is 32.1 Å². The number of aliphatic hydroxyl groups excluding tert-OH is 3. The molecule has 0 spiro atoms. The predicted octanol–water partition coefficient (Wildman–Crippen LogP) is 4.63. The van der Waals surface area contributed by atoms with E-state index in [9.17, 15) is 24.9 Å². The first-order valence-electron chi connectivity index (χ1n) is 12.9. The van der Waals surface area contributed by atoms with Crippen LogP contribution in [0.1, 0.15) is 83.8 Å². The van der Waals surface area contributed by atoms with E-state index < -0.39 is 35.6 Å². The number of carbonyl (C=O) groups is 2. The molecule has 1 unspecified atom stereocenters. The molecule has 0 aromatic carbocycles. The van der Waals surface area contributed by atoms with Crippen LogP contribution in [0.2, 0.25) is 0 Å². The van der Waals surface area contributed by atoms with Crippen LogP contribution in [0.4, 0.5) is 0 Å². The summed E-state index contributed by atoms with van der Waals surface area (Å²) in [7, 11) is 0. The summed E-state index contributed by atoms with van der Waals surface area (Å²) in [6.07, 6.45) is 4.16. The minimum atomic E-state index is -1.25. The van der Waals surface area contributed by atoms with E-state index in [1.807, 2.05) is 38.3 Å². The van der Waals surface area contributed by atoms with Gasteiger partial charge in [-0.25, -0.2) is 4.98 Å². The molecule has 1 aliphatic heterocycles. The summed E-state index contributed by atoms with van der Waals surface area (Å²) in [5.41, 5.74) is 1.47. The van der Waals surface area contributed by atoms with Crippen LogP contribution in [0, 0.1) is 24.2 Å². The first-order valence-corrected chi connectivity index (χ1v) is 13.7. The van der Waals surface area contributed by atoms with Gasteiger partial charge < -0.3 is 20.1 Å². The Kier molecular flexibility index (Phi) is 11.5. The highest BCUT2D eigenvalue weighted by atomic mass is 32.1. The fourth-order valence-electron chi connectivity index (χ4n) is 4.69. The van der Waals surface area contributed by atoms with Crippen LogP contribution in [0.3, 0.4) is 0 Å². The maximum Gasteiger partial charge on any atom is 0.309 e. The highest BCUT2D eigenvalue weighted by molar-refractivity contribution is 7.09. The lowest BCUT2D eigenvalue weighted by molar-refractivity contribution is -0.154. The van der Waals surface area contributed by atoms with E-state index in [0.717, 1.165) is 41.1 Å². The molecule has 0 amide bonds. The maximum atomic E-state index is 13.2. The van der Waals surface area contributed by atoms with Gasteiger partial charge in [0.05, 0.1) is 34.7 Å². The van der Waals surface area contributed by atoms with Crippen LogP contribution in [0.15, 0.2) is 22.6 Å². The fourth-order valence-corrected chi connectivity index (χ4v) is 5.26. The number of Topliss-reactive ketones (excluding diaryl/α,β-unsaturated/α-hetero) is 1. The highest BCUT2D eigenvalue weighted by Gasteiger charge is 2.42. The van der Waals surface area contributed by atoms with Gasteiger partial charge in [-0.1, -0.05) is 39.3 Å². The Morgan fingerprint density at radius 1 is 1.28 bits per heavy atom. The molecule has 2 heterocycles. The lowest BCUT2D eigenvalue weighted by Crippen LogP contribution is -2.45. The molecular formula is C28H43NO6S. The molecule has 0 fully saturated rings. The number of aliphatic hydroxyl groups is 3. The SMILES string of the molecule is C/C(=C\c1csc(C)n1)[C@@H]1C/C=C(/CCO)CCC[C@H](C)C(O)[C@@H](C)C(=O)C(C)(C)[C@@H](O)CC(=O)O1. The van der Waals surface area contributed by atoms with Crippen LogP contribution in [-0.2, 0) is 14.3 Å². The monoisotopic (exact) mass is 521 g/mol. The average molecular weight is 522 g/mol. The van der Waals surface area contributed by atoms with Crippen molar-refractivity contribution in [3.63, 3.8) is 0 Å². The zero-order chi connectivity index (χ0) is 27.0. The van der Waals surface area contributed by atoms with Crippen molar-refractivity contribution in [1.29, 1.82) is 0 Å². The van der Waals surface area contributed by atoms with Gasteiger partial charge in [-0.15, -0.1) is 11.3 Å². The Hall–Kier alpha value is -1.87. The van der Waals surface area contributed by atoms with E-state index in [1.165, 1.54) is 0 Å². The van der Waals surface area contributed by atoms with Crippen molar-refractivity contribution in [3.8, 4) is 0 Å². The molecule has 0 aliphatic carbocycles. The van der Waals surface area contributed by atoms with E-state index >= 15 is 0 Å². The smallest absolute Gasteiger partial charge is 0.309 e. The number of esters is 1. The molecule has 0 saturated heterocycles. The number of ketones is 1. The van der Waals surface area contributed by atoms with Crippen molar-refractivity contribution in [2.24, 2.45) is 17.3 Å². The fraction of sp³-hybridized carbons (Fsp3) is 0.679. The first kappa shape index (κ1) is 30.4. The summed E-state index contributed by atoms with van der Waals surface area (Å²) in [6, 6.07) is 0. The van der Waals surface area contributed by atoms with Gasteiger partial charge in [0.2, 0.25) is 0 Å². The number of cyclic esters (lactones) is 1. The minimum Gasteiger partial charge on any atom is -0.457 e. The second kappa shape index (κ2) is 13.6. The maximum absolute atomic E-state index is 13.2. The summed E-state index contributed by atoms with van der Waals surface area (Å²) in [5.74, 6) is -1.66. The van der Waals surface area contributed by atoms with Gasteiger partial charge in [0, 0.05) is 24.3 Å². The third-order valence-corrected chi connectivity index (χ3v) is 8.13. The molecular weight excluding hydrogens is 478 g/mol. The standard InChI is InChI=1S/C28H43NO6S/c1-17-8-7-9-21(12-13-30)10-11-23(18(2)14-22-16-36-20(4)29-22)35-25(32)15-24(31)28(5,6)27(34)19(3)26(17)33/h10,14,16-17,19,23-24,26,30-31,33H,7-9,11-13,15H2,1-6H3/b18-14+,21-10+/t17-,19+,23-,24-,26?/m0/s1. The summed E-state index contributed by atoms with van der Waals surface area (Å²) in [6.45, 7) is 10.7. The Labute approximate surface area is 219 Å². The van der Waals surface area contributed by atoms with Gasteiger partial charge in [0.15, 0.2) is 0 Å². The number of aromatic nitrogens is 1. The zero-order valence-corrected chi connectivity index (χ0v) is 23.3. The van der Waals surface area contributed by atoms with Crippen LogP contribution < -0.4 is 0 Å². The summed E-state index contributed by atoms with van der Waals surface area (Å²) < 4.78 is 5.82. The van der Waals surface area contributed by atoms with E-state index in [4.69, 9.17) is 4.74 Å². The van der Waals surface area contributed by atoms with E-state index in [-0.39, 0.29) is 24.7 Å². The van der Waals surface area contributed by atoms with E-state index in [2.05, 4.69) is 4.98 Å². The van der Waals surface area contributed by atoms with Gasteiger partial charge in [-0.3, -0.25) is 9.59 Å². The molecule has 0 radical (unpaired) electrons. The van der Waals surface area contributed by atoms with Crippen molar-refractivity contribution in [3.05, 3.63) is 33.3 Å². The lowest BCUT2D eigenvalue weighted by atomic mass is 9.73. The van der Waals surface area contributed by atoms with Crippen LogP contribution >= 0.6 is 11.3 Å².